The minimum absolute atomic E-state index is 0.0138. The molecule has 4 rings (SSSR count). The normalized spacial score (nSPS) is 15.7. The molecule has 0 atom stereocenters. The molecule has 1 fully saturated rings. The highest BCUT2D eigenvalue weighted by Crippen LogP contribution is 2.37. The summed E-state index contributed by atoms with van der Waals surface area (Å²) in [4.78, 5) is 14.5. The van der Waals surface area contributed by atoms with Crippen LogP contribution in [0.5, 0.6) is 11.5 Å². The summed E-state index contributed by atoms with van der Waals surface area (Å²) in [5.74, 6) is -0.410. The number of aromatic nitrogens is 4. The number of carbonyl (C=O) groups excluding carboxylic acids is 1. The van der Waals surface area contributed by atoms with E-state index in [4.69, 9.17) is 9.47 Å². The molecule has 11 nitrogen and oxygen atoms in total. The molecule has 1 aliphatic heterocycles. The molecule has 42 heavy (non-hydrogen) atoms. The molecule has 1 aromatic heterocycles. The van der Waals surface area contributed by atoms with E-state index in [0.717, 1.165) is 12.1 Å². The van der Waals surface area contributed by atoms with Gasteiger partial charge in [0.1, 0.15) is 17.1 Å². The smallest absolute Gasteiger partial charge is 0.494 e. The molecule has 2 aromatic carbocycles. The van der Waals surface area contributed by atoms with Crippen molar-refractivity contribution in [2.45, 2.75) is 68.2 Å². The van der Waals surface area contributed by atoms with Crippen molar-refractivity contribution < 1.29 is 40.6 Å². The number of alkyl halides is 3. The molecule has 2 heterocycles. The molecule has 0 spiro atoms. The Bertz CT molecular complexity index is 1460. The van der Waals surface area contributed by atoms with Crippen LogP contribution in [0, 0.1) is 0 Å². The minimum atomic E-state index is -4.78. The van der Waals surface area contributed by atoms with Crippen LogP contribution in [0.4, 0.5) is 13.2 Å². The van der Waals surface area contributed by atoms with Crippen LogP contribution in [0.3, 0.4) is 0 Å². The number of esters is 1. The first-order valence-electron chi connectivity index (χ1n) is 13.2. The fraction of sp³-hybridized carbons (Fsp3) is 0.481. The Labute approximate surface area is 241 Å². The van der Waals surface area contributed by atoms with Gasteiger partial charge in [0.2, 0.25) is 5.82 Å². The van der Waals surface area contributed by atoms with Gasteiger partial charge in [0.25, 0.3) is 0 Å². The lowest BCUT2D eigenvalue weighted by molar-refractivity contribution is -0.274. The second-order valence-electron chi connectivity index (χ2n) is 10.7. The first kappa shape index (κ1) is 31.2. The number of tetrazole rings is 1. The van der Waals surface area contributed by atoms with Crippen LogP contribution < -0.4 is 14.8 Å². The number of hydrogen-bond donors (Lipinski definition) is 1. The van der Waals surface area contributed by atoms with Crippen LogP contribution in [0.25, 0.3) is 11.4 Å². The molecule has 0 aliphatic carbocycles. The highest BCUT2D eigenvalue weighted by atomic mass is 32.2. The molecule has 228 valence electrons. The van der Waals surface area contributed by atoms with Gasteiger partial charge in [-0.05, 0) is 100 Å². The Morgan fingerprint density at radius 1 is 1.00 bits per heavy atom. The van der Waals surface area contributed by atoms with E-state index in [-0.39, 0.29) is 35.9 Å². The molecular weight excluding hydrogens is 579 g/mol. The zero-order valence-electron chi connectivity index (χ0n) is 23.3. The molecule has 1 N–H and O–H groups in total. The fourth-order valence-electron chi connectivity index (χ4n) is 4.38. The lowest BCUT2D eigenvalue weighted by Gasteiger charge is -2.36. The summed E-state index contributed by atoms with van der Waals surface area (Å²) in [6.07, 6.45) is -4.07. The van der Waals surface area contributed by atoms with E-state index in [1.807, 2.05) is 0 Å². The summed E-state index contributed by atoms with van der Waals surface area (Å²) in [5.41, 5.74) is -0.355. The van der Waals surface area contributed by atoms with Crippen molar-refractivity contribution in [3.63, 3.8) is 0 Å². The summed E-state index contributed by atoms with van der Waals surface area (Å²) in [6.45, 7) is 6.48. The molecule has 0 amide bonds. The number of hydrogen-bond acceptors (Lipinski definition) is 10. The van der Waals surface area contributed by atoms with Crippen molar-refractivity contribution in [1.29, 1.82) is 0 Å². The third-order valence-corrected chi connectivity index (χ3v) is 8.90. The van der Waals surface area contributed by atoms with Crippen LogP contribution in [-0.2, 0) is 25.9 Å². The van der Waals surface area contributed by atoms with Crippen molar-refractivity contribution in [2.24, 2.45) is 0 Å². The predicted molar refractivity (Wildman–Crippen MR) is 144 cm³/mol. The Morgan fingerprint density at radius 3 is 2.21 bits per heavy atom. The quantitative estimate of drug-likeness (QED) is 0.265. The maximum Gasteiger partial charge on any atom is 0.573 e. The van der Waals surface area contributed by atoms with Gasteiger partial charge in [-0.25, -0.2) is 8.42 Å². The topological polar surface area (TPSA) is 135 Å². The SMILES string of the molecule is CC(C)(C)OC(=O)C1(S(=O)(=O)c2ccc(OCCCn3nnc(-c4ccc(OC(F)(F)F)cc4)n3)cc2)CCNCC1. The van der Waals surface area contributed by atoms with Crippen molar-refractivity contribution in [3.8, 4) is 22.9 Å². The van der Waals surface area contributed by atoms with Crippen LogP contribution in [0.15, 0.2) is 53.4 Å². The largest absolute Gasteiger partial charge is 0.573 e. The number of halogens is 3. The molecule has 0 unspecified atom stereocenters. The maximum absolute atomic E-state index is 13.7. The number of piperidine rings is 1. The Kier molecular flexibility index (Phi) is 9.11. The summed E-state index contributed by atoms with van der Waals surface area (Å²) in [7, 11) is -4.06. The summed E-state index contributed by atoms with van der Waals surface area (Å²) < 4.78 is 77.8. The predicted octanol–water partition coefficient (Wildman–Crippen LogP) is 3.95. The summed E-state index contributed by atoms with van der Waals surface area (Å²) in [6, 6.07) is 11.1. The Morgan fingerprint density at radius 2 is 1.62 bits per heavy atom. The van der Waals surface area contributed by atoms with Crippen LogP contribution in [-0.4, -0.2) is 71.0 Å². The molecule has 1 aliphatic rings. The summed E-state index contributed by atoms with van der Waals surface area (Å²) in [5, 5.41) is 15.2. The number of nitrogens with one attached hydrogen (secondary N) is 1. The number of rotatable bonds is 10. The highest BCUT2D eigenvalue weighted by Gasteiger charge is 2.54. The number of ether oxygens (including phenoxy) is 3. The number of aryl methyl sites for hydroxylation is 1. The van der Waals surface area contributed by atoms with Crippen molar-refractivity contribution in [2.75, 3.05) is 19.7 Å². The van der Waals surface area contributed by atoms with Crippen molar-refractivity contribution in [1.82, 2.24) is 25.5 Å². The average Bonchev–Trinajstić information content (AvgIpc) is 3.39. The summed E-state index contributed by atoms with van der Waals surface area (Å²) >= 11 is 0. The van der Waals surface area contributed by atoms with Crippen LogP contribution >= 0.6 is 0 Å². The van der Waals surface area contributed by atoms with Crippen LogP contribution in [0.2, 0.25) is 0 Å². The van der Waals surface area contributed by atoms with Gasteiger partial charge in [-0.2, -0.15) is 4.80 Å². The van der Waals surface area contributed by atoms with Gasteiger partial charge < -0.3 is 19.5 Å². The van der Waals surface area contributed by atoms with Gasteiger partial charge in [-0.15, -0.1) is 23.4 Å². The van der Waals surface area contributed by atoms with Gasteiger partial charge in [-0.1, -0.05) is 0 Å². The molecule has 3 aromatic rings. The van der Waals surface area contributed by atoms with E-state index >= 15 is 0 Å². The molecule has 0 bridgehead atoms. The van der Waals surface area contributed by atoms with E-state index in [1.165, 1.54) is 41.2 Å². The van der Waals surface area contributed by atoms with E-state index in [0.29, 0.717) is 37.4 Å². The van der Waals surface area contributed by atoms with Crippen molar-refractivity contribution >= 4 is 15.8 Å². The highest BCUT2D eigenvalue weighted by molar-refractivity contribution is 7.93. The maximum atomic E-state index is 13.7. The zero-order chi connectivity index (χ0) is 30.6. The average molecular weight is 612 g/mol. The van der Waals surface area contributed by atoms with Gasteiger partial charge in [0.05, 0.1) is 18.0 Å². The number of carbonyl (C=O) groups is 1. The number of benzene rings is 2. The monoisotopic (exact) mass is 611 g/mol. The van der Waals surface area contributed by atoms with Gasteiger partial charge in [0, 0.05) is 12.0 Å². The van der Waals surface area contributed by atoms with E-state index in [1.54, 1.807) is 20.8 Å². The first-order chi connectivity index (χ1) is 19.7. The zero-order valence-corrected chi connectivity index (χ0v) is 24.2. The van der Waals surface area contributed by atoms with E-state index in [2.05, 4.69) is 25.5 Å². The Hall–Kier alpha value is -3.72. The Balaban J connectivity index is 1.32. The van der Waals surface area contributed by atoms with E-state index in [9.17, 15) is 26.4 Å². The first-order valence-corrected chi connectivity index (χ1v) is 14.7. The van der Waals surface area contributed by atoms with Gasteiger partial charge in [-0.3, -0.25) is 4.79 Å². The molecule has 0 saturated carbocycles. The second kappa shape index (κ2) is 12.3. The third kappa shape index (κ3) is 7.56. The molecule has 15 heteroatoms. The number of nitrogens with zero attached hydrogens (tertiary/aromatic N) is 4. The molecule has 0 radical (unpaired) electrons. The lowest BCUT2D eigenvalue weighted by Crippen LogP contribution is -2.55. The number of sulfone groups is 1. The second-order valence-corrected chi connectivity index (χ2v) is 13.0. The molecule has 1 saturated heterocycles. The molecular formula is C27H32F3N5O6S. The van der Waals surface area contributed by atoms with E-state index < -0.39 is 32.5 Å². The van der Waals surface area contributed by atoms with Gasteiger partial charge in [0.15, 0.2) is 14.6 Å². The van der Waals surface area contributed by atoms with Crippen molar-refractivity contribution in [3.05, 3.63) is 48.5 Å². The lowest BCUT2D eigenvalue weighted by atomic mass is 9.96. The van der Waals surface area contributed by atoms with Gasteiger partial charge >= 0.3 is 12.3 Å². The fourth-order valence-corrected chi connectivity index (χ4v) is 6.33. The third-order valence-electron chi connectivity index (χ3n) is 6.40. The minimum Gasteiger partial charge on any atom is -0.494 e. The van der Waals surface area contributed by atoms with Crippen LogP contribution in [0.1, 0.15) is 40.0 Å². The standard InChI is InChI=1S/C27H32F3N5O6S/c1-25(2,3)41-24(36)26(13-15-31-16-14-26)42(37,38)22-11-9-20(10-12-22)39-18-4-17-35-33-23(32-34-35)19-5-7-21(8-6-19)40-27(28,29)30/h5-12,31H,4,13-18H2,1-3H3.